The molecule has 2 heterocycles. The predicted molar refractivity (Wildman–Crippen MR) is 102 cm³/mol. The summed E-state index contributed by atoms with van der Waals surface area (Å²) in [6.07, 6.45) is -2.13. The van der Waals surface area contributed by atoms with Crippen LogP contribution in [-0.4, -0.2) is 43.1 Å². The number of benzene rings is 1. The molecule has 1 aromatic rings. The number of hydrogen-bond acceptors (Lipinski definition) is 3. The lowest BCUT2D eigenvalue weighted by Crippen LogP contribution is -2.49. The standard InChI is InChI=1S/C20H26F3N3O3/c1-2-7-24-19(28)26-8-5-13-10-18(27)25-16-11-15(20(21,22)23)3-4-17(16)29-9-6-14(13)12-26/h3-4,11,13-14H,2,5-10,12H2,1H3,(H,24,28)(H,25,27)/t13-,14-/m0/s1. The van der Waals surface area contributed by atoms with E-state index < -0.39 is 11.7 Å². The van der Waals surface area contributed by atoms with Crippen molar-refractivity contribution in [2.45, 2.75) is 38.8 Å². The van der Waals surface area contributed by atoms with Crippen LogP contribution in [0.1, 0.15) is 38.2 Å². The third-order valence-corrected chi connectivity index (χ3v) is 5.48. The molecule has 0 spiro atoms. The van der Waals surface area contributed by atoms with E-state index in [9.17, 15) is 22.8 Å². The quantitative estimate of drug-likeness (QED) is 0.773. The molecule has 1 saturated heterocycles. The van der Waals surface area contributed by atoms with Gasteiger partial charge in [0.15, 0.2) is 0 Å². The van der Waals surface area contributed by atoms with Crippen molar-refractivity contribution in [3.63, 3.8) is 0 Å². The molecule has 2 N–H and O–H groups in total. The molecule has 9 heteroatoms. The SMILES string of the molecule is CCCNC(=O)N1CC[C@H]2CC(=O)Nc3cc(C(F)(F)F)ccc3OCC[C@H]2C1. The number of nitrogens with one attached hydrogen (secondary N) is 2. The molecular weight excluding hydrogens is 387 g/mol. The van der Waals surface area contributed by atoms with E-state index >= 15 is 0 Å². The highest BCUT2D eigenvalue weighted by molar-refractivity contribution is 5.92. The number of rotatable bonds is 2. The van der Waals surface area contributed by atoms with Crippen LogP contribution in [0.5, 0.6) is 5.75 Å². The number of alkyl halides is 3. The number of halogens is 3. The van der Waals surface area contributed by atoms with Crippen LogP contribution in [0, 0.1) is 11.8 Å². The van der Waals surface area contributed by atoms with Gasteiger partial charge in [-0.15, -0.1) is 0 Å². The summed E-state index contributed by atoms with van der Waals surface area (Å²) in [7, 11) is 0. The second-order valence-corrected chi connectivity index (χ2v) is 7.58. The highest BCUT2D eigenvalue weighted by Crippen LogP contribution is 2.37. The summed E-state index contributed by atoms with van der Waals surface area (Å²) in [6.45, 7) is 4.00. The molecular formula is C20H26F3N3O3. The molecule has 3 amide bonds. The van der Waals surface area contributed by atoms with Crippen LogP contribution in [-0.2, 0) is 11.0 Å². The third kappa shape index (κ3) is 5.33. The molecule has 0 unspecified atom stereocenters. The molecule has 1 fully saturated rings. The number of amides is 3. The Balaban J connectivity index is 1.72. The third-order valence-electron chi connectivity index (χ3n) is 5.48. The fraction of sp³-hybridized carbons (Fsp3) is 0.600. The minimum absolute atomic E-state index is 0.0413. The van der Waals surface area contributed by atoms with Crippen molar-refractivity contribution < 1.29 is 27.5 Å². The second-order valence-electron chi connectivity index (χ2n) is 7.58. The summed E-state index contributed by atoms with van der Waals surface area (Å²) in [5, 5.41) is 5.45. The van der Waals surface area contributed by atoms with E-state index in [0.717, 1.165) is 18.6 Å². The van der Waals surface area contributed by atoms with E-state index in [1.165, 1.54) is 6.07 Å². The van der Waals surface area contributed by atoms with Gasteiger partial charge < -0.3 is 20.3 Å². The Morgan fingerprint density at radius 1 is 1.31 bits per heavy atom. The zero-order valence-electron chi connectivity index (χ0n) is 16.3. The first-order valence-corrected chi connectivity index (χ1v) is 9.94. The molecule has 0 radical (unpaired) electrons. The van der Waals surface area contributed by atoms with Crippen molar-refractivity contribution in [2.75, 3.05) is 31.6 Å². The van der Waals surface area contributed by atoms with E-state index in [2.05, 4.69) is 10.6 Å². The van der Waals surface area contributed by atoms with Gasteiger partial charge in [0.2, 0.25) is 5.91 Å². The number of piperidine rings is 1. The maximum Gasteiger partial charge on any atom is 0.416 e. The number of carbonyl (C=O) groups excluding carboxylic acids is 2. The van der Waals surface area contributed by atoms with Gasteiger partial charge in [-0.1, -0.05) is 6.92 Å². The first-order chi connectivity index (χ1) is 13.8. The molecule has 6 nitrogen and oxygen atoms in total. The maximum absolute atomic E-state index is 13.0. The van der Waals surface area contributed by atoms with Gasteiger partial charge in [0.05, 0.1) is 17.9 Å². The van der Waals surface area contributed by atoms with Crippen LogP contribution in [0.15, 0.2) is 18.2 Å². The van der Waals surface area contributed by atoms with Crippen molar-refractivity contribution in [1.82, 2.24) is 10.2 Å². The number of anilines is 1. The van der Waals surface area contributed by atoms with Gasteiger partial charge in [-0.3, -0.25) is 4.79 Å². The summed E-state index contributed by atoms with van der Waals surface area (Å²) in [5.41, 5.74) is -0.791. The van der Waals surface area contributed by atoms with Crippen LogP contribution in [0.25, 0.3) is 0 Å². The molecule has 0 bridgehead atoms. The molecule has 3 rings (SSSR count). The van der Waals surface area contributed by atoms with Gasteiger partial charge in [0.25, 0.3) is 0 Å². The van der Waals surface area contributed by atoms with Crippen LogP contribution in [0.2, 0.25) is 0 Å². The summed E-state index contributed by atoms with van der Waals surface area (Å²) in [5.74, 6) is 0.0344. The first kappa shape index (κ1) is 21.3. The topological polar surface area (TPSA) is 70.7 Å². The average molecular weight is 413 g/mol. The molecule has 2 aliphatic rings. The Bertz CT molecular complexity index is 754. The van der Waals surface area contributed by atoms with Gasteiger partial charge in [-0.25, -0.2) is 4.79 Å². The summed E-state index contributed by atoms with van der Waals surface area (Å²) in [4.78, 5) is 26.5. The number of fused-ring (bicyclic) bond motifs is 2. The van der Waals surface area contributed by atoms with E-state index in [0.29, 0.717) is 39.1 Å². The molecule has 29 heavy (non-hydrogen) atoms. The van der Waals surface area contributed by atoms with Crippen LogP contribution in [0.4, 0.5) is 23.7 Å². The molecule has 2 aliphatic heterocycles. The van der Waals surface area contributed by atoms with E-state index in [-0.39, 0.29) is 41.6 Å². The lowest BCUT2D eigenvalue weighted by atomic mass is 9.81. The highest BCUT2D eigenvalue weighted by Gasteiger charge is 2.34. The largest absolute Gasteiger partial charge is 0.491 e. The van der Waals surface area contributed by atoms with Gasteiger partial charge in [0, 0.05) is 26.1 Å². The Kier molecular flexibility index (Phi) is 6.54. The fourth-order valence-electron chi connectivity index (χ4n) is 3.89. The number of carbonyl (C=O) groups is 2. The summed E-state index contributed by atoms with van der Waals surface area (Å²) in [6, 6.07) is 2.99. The van der Waals surface area contributed by atoms with Gasteiger partial charge in [-0.05, 0) is 49.3 Å². The normalized spacial score (nSPS) is 22.6. The highest BCUT2D eigenvalue weighted by atomic mass is 19.4. The molecule has 2 atom stereocenters. The number of likely N-dealkylation sites (tertiary alicyclic amines) is 1. The maximum atomic E-state index is 13.0. The molecule has 160 valence electrons. The van der Waals surface area contributed by atoms with Crippen molar-refractivity contribution >= 4 is 17.6 Å². The van der Waals surface area contributed by atoms with Crippen LogP contribution < -0.4 is 15.4 Å². The van der Waals surface area contributed by atoms with E-state index in [1.807, 2.05) is 6.92 Å². The molecule has 0 aromatic heterocycles. The van der Waals surface area contributed by atoms with Crippen LogP contribution >= 0.6 is 0 Å². The van der Waals surface area contributed by atoms with Gasteiger partial charge in [-0.2, -0.15) is 13.2 Å². The van der Waals surface area contributed by atoms with Crippen molar-refractivity contribution in [3.05, 3.63) is 23.8 Å². The number of hydrogen-bond donors (Lipinski definition) is 2. The van der Waals surface area contributed by atoms with Crippen molar-refractivity contribution in [2.24, 2.45) is 11.8 Å². The Hall–Kier alpha value is -2.45. The lowest BCUT2D eigenvalue weighted by Gasteiger charge is -2.39. The Morgan fingerprint density at radius 3 is 2.83 bits per heavy atom. The minimum atomic E-state index is -4.49. The van der Waals surface area contributed by atoms with Crippen molar-refractivity contribution in [1.29, 1.82) is 0 Å². The predicted octanol–water partition coefficient (Wildman–Crippen LogP) is 3.87. The molecule has 0 saturated carbocycles. The molecule has 1 aromatic carbocycles. The monoisotopic (exact) mass is 413 g/mol. The van der Waals surface area contributed by atoms with Crippen molar-refractivity contribution in [3.8, 4) is 5.75 Å². The zero-order chi connectivity index (χ0) is 21.0. The number of ether oxygens (including phenoxy) is 1. The number of urea groups is 1. The average Bonchev–Trinajstić information content (AvgIpc) is 2.67. The van der Waals surface area contributed by atoms with E-state index in [1.54, 1.807) is 4.90 Å². The zero-order valence-corrected chi connectivity index (χ0v) is 16.3. The fourth-order valence-corrected chi connectivity index (χ4v) is 3.89. The van der Waals surface area contributed by atoms with Crippen LogP contribution in [0.3, 0.4) is 0 Å². The minimum Gasteiger partial charge on any atom is -0.491 e. The summed E-state index contributed by atoms with van der Waals surface area (Å²) < 4.78 is 44.7. The second kappa shape index (κ2) is 8.92. The number of nitrogens with zero attached hydrogens (tertiary/aromatic N) is 1. The molecule has 0 aliphatic carbocycles. The lowest BCUT2D eigenvalue weighted by molar-refractivity contribution is -0.137. The first-order valence-electron chi connectivity index (χ1n) is 9.94. The Labute approximate surface area is 167 Å². The Morgan fingerprint density at radius 2 is 2.10 bits per heavy atom. The smallest absolute Gasteiger partial charge is 0.416 e. The van der Waals surface area contributed by atoms with Gasteiger partial charge >= 0.3 is 12.2 Å². The van der Waals surface area contributed by atoms with E-state index in [4.69, 9.17) is 4.74 Å². The summed E-state index contributed by atoms with van der Waals surface area (Å²) >= 11 is 0. The van der Waals surface area contributed by atoms with Gasteiger partial charge in [0.1, 0.15) is 5.75 Å².